The SMILES string of the molecule is COc1ccc(-c2ccc(S(=O)(=O)NC3(C(=O)O)CCN(CCCc4ccccc4)CC3)cc2)cc1. The number of methoxy groups -OCH3 is 1. The fourth-order valence-corrected chi connectivity index (χ4v) is 6.01. The number of piperidine rings is 1. The van der Waals surface area contributed by atoms with Gasteiger partial charge in [0.25, 0.3) is 0 Å². The van der Waals surface area contributed by atoms with Crippen molar-refractivity contribution in [2.45, 2.75) is 36.1 Å². The molecular formula is C28H32N2O5S. The maximum absolute atomic E-state index is 13.1. The van der Waals surface area contributed by atoms with E-state index in [-0.39, 0.29) is 17.7 Å². The van der Waals surface area contributed by atoms with Gasteiger partial charge in [-0.25, -0.2) is 8.42 Å². The molecule has 0 bridgehead atoms. The fourth-order valence-electron chi connectivity index (χ4n) is 4.60. The summed E-state index contributed by atoms with van der Waals surface area (Å²) in [6.07, 6.45) is 2.37. The summed E-state index contributed by atoms with van der Waals surface area (Å²) in [5, 5.41) is 9.99. The first-order valence-electron chi connectivity index (χ1n) is 12.1. The first-order valence-corrected chi connectivity index (χ1v) is 13.6. The molecule has 1 aliphatic heterocycles. The van der Waals surface area contributed by atoms with Crippen molar-refractivity contribution >= 4 is 16.0 Å². The van der Waals surface area contributed by atoms with Crippen molar-refractivity contribution in [2.75, 3.05) is 26.7 Å². The predicted octanol–water partition coefficient (Wildman–Crippen LogP) is 4.19. The quantitative estimate of drug-likeness (QED) is 0.426. The van der Waals surface area contributed by atoms with Gasteiger partial charge in [0.15, 0.2) is 0 Å². The topological polar surface area (TPSA) is 95.9 Å². The van der Waals surface area contributed by atoms with Crippen molar-refractivity contribution in [3.8, 4) is 16.9 Å². The van der Waals surface area contributed by atoms with Gasteiger partial charge in [-0.1, -0.05) is 54.6 Å². The van der Waals surface area contributed by atoms with Gasteiger partial charge < -0.3 is 14.7 Å². The molecule has 36 heavy (non-hydrogen) atoms. The van der Waals surface area contributed by atoms with Crippen molar-refractivity contribution < 1.29 is 23.1 Å². The van der Waals surface area contributed by atoms with E-state index in [0.717, 1.165) is 36.3 Å². The van der Waals surface area contributed by atoms with Crippen LogP contribution in [0.1, 0.15) is 24.8 Å². The number of aryl methyl sites for hydroxylation is 1. The average molecular weight is 509 g/mol. The molecule has 4 rings (SSSR count). The maximum atomic E-state index is 13.1. The number of hydrogen-bond donors (Lipinski definition) is 2. The van der Waals surface area contributed by atoms with Crippen molar-refractivity contribution in [1.82, 2.24) is 9.62 Å². The molecule has 0 aliphatic carbocycles. The van der Waals surface area contributed by atoms with Crippen LogP contribution >= 0.6 is 0 Å². The van der Waals surface area contributed by atoms with Crippen molar-refractivity contribution in [3.63, 3.8) is 0 Å². The van der Waals surface area contributed by atoms with E-state index >= 15 is 0 Å². The predicted molar refractivity (Wildman–Crippen MR) is 140 cm³/mol. The Morgan fingerprint density at radius 2 is 1.53 bits per heavy atom. The monoisotopic (exact) mass is 508 g/mol. The first kappa shape index (κ1) is 25.9. The van der Waals surface area contributed by atoms with Crippen LogP contribution in [0, 0.1) is 0 Å². The molecule has 0 radical (unpaired) electrons. The minimum Gasteiger partial charge on any atom is -0.497 e. The molecule has 2 N–H and O–H groups in total. The standard InChI is InChI=1S/C28H32N2O5S/c1-35-25-13-9-23(10-14-25)24-11-15-26(16-12-24)36(33,34)29-28(27(31)32)17-20-30(21-18-28)19-5-8-22-6-3-2-4-7-22/h2-4,6-7,9-16,29H,5,8,17-21H2,1H3,(H,31,32). The number of sulfonamides is 1. The normalized spacial score (nSPS) is 15.9. The Hall–Kier alpha value is -3.20. The third-order valence-corrected chi connectivity index (χ3v) is 8.37. The second kappa shape index (κ2) is 11.2. The molecule has 3 aromatic carbocycles. The lowest BCUT2D eigenvalue weighted by atomic mass is 9.88. The van der Waals surface area contributed by atoms with Gasteiger partial charge in [0, 0.05) is 13.1 Å². The number of carbonyl (C=O) groups is 1. The summed E-state index contributed by atoms with van der Waals surface area (Å²) in [6.45, 7) is 1.91. The first-order chi connectivity index (χ1) is 17.3. The molecule has 0 spiro atoms. The van der Waals surface area contributed by atoms with Crippen molar-refractivity contribution in [1.29, 1.82) is 0 Å². The molecule has 0 amide bonds. The highest BCUT2D eigenvalue weighted by Crippen LogP contribution is 2.28. The van der Waals surface area contributed by atoms with E-state index in [9.17, 15) is 18.3 Å². The number of rotatable bonds is 10. The molecule has 0 saturated carbocycles. The van der Waals surface area contributed by atoms with Gasteiger partial charge in [-0.2, -0.15) is 4.72 Å². The molecule has 1 heterocycles. The minimum absolute atomic E-state index is 0.0469. The van der Waals surface area contributed by atoms with Crippen LogP contribution in [-0.4, -0.2) is 56.7 Å². The smallest absolute Gasteiger partial charge is 0.324 e. The Morgan fingerprint density at radius 3 is 2.08 bits per heavy atom. The van der Waals surface area contributed by atoms with E-state index in [1.807, 2.05) is 42.5 Å². The van der Waals surface area contributed by atoms with Crippen LogP contribution in [-0.2, 0) is 21.2 Å². The Bertz CT molecular complexity index is 1250. The van der Waals surface area contributed by atoms with Crippen LogP contribution in [0.3, 0.4) is 0 Å². The highest BCUT2D eigenvalue weighted by Gasteiger charge is 2.44. The lowest BCUT2D eigenvalue weighted by molar-refractivity contribution is -0.146. The van der Waals surface area contributed by atoms with Gasteiger partial charge in [-0.3, -0.25) is 4.79 Å². The zero-order valence-corrected chi connectivity index (χ0v) is 21.2. The van der Waals surface area contributed by atoms with Crippen LogP contribution < -0.4 is 9.46 Å². The maximum Gasteiger partial charge on any atom is 0.324 e. The molecule has 1 aliphatic rings. The molecule has 0 atom stereocenters. The van der Waals surface area contributed by atoms with Crippen molar-refractivity contribution in [3.05, 3.63) is 84.4 Å². The van der Waals surface area contributed by atoms with Gasteiger partial charge in [0.1, 0.15) is 11.3 Å². The number of benzene rings is 3. The summed E-state index contributed by atoms with van der Waals surface area (Å²) in [6, 6.07) is 24.2. The Morgan fingerprint density at radius 1 is 0.944 bits per heavy atom. The average Bonchev–Trinajstić information content (AvgIpc) is 2.90. The highest BCUT2D eigenvalue weighted by molar-refractivity contribution is 7.89. The molecule has 0 aromatic heterocycles. The Kier molecular flexibility index (Phi) is 8.08. The summed E-state index contributed by atoms with van der Waals surface area (Å²) in [5.74, 6) is -0.395. The zero-order valence-electron chi connectivity index (χ0n) is 20.4. The van der Waals surface area contributed by atoms with Crippen LogP contribution in [0.2, 0.25) is 0 Å². The zero-order chi connectivity index (χ0) is 25.6. The molecule has 0 unspecified atom stereocenters. The summed E-state index contributed by atoms with van der Waals surface area (Å²) in [7, 11) is -2.41. The van der Waals surface area contributed by atoms with Gasteiger partial charge in [0.2, 0.25) is 10.0 Å². The van der Waals surface area contributed by atoms with Gasteiger partial charge >= 0.3 is 5.97 Å². The molecule has 1 fully saturated rings. The van der Waals surface area contributed by atoms with E-state index in [0.29, 0.717) is 13.1 Å². The van der Waals surface area contributed by atoms with E-state index in [2.05, 4.69) is 21.8 Å². The highest BCUT2D eigenvalue weighted by atomic mass is 32.2. The minimum atomic E-state index is -4.01. The van der Waals surface area contributed by atoms with Crippen LogP contribution in [0.25, 0.3) is 11.1 Å². The molecule has 190 valence electrons. The largest absolute Gasteiger partial charge is 0.497 e. The number of nitrogens with one attached hydrogen (secondary N) is 1. The van der Waals surface area contributed by atoms with Gasteiger partial charge in [-0.05, 0) is 73.2 Å². The lowest BCUT2D eigenvalue weighted by Crippen LogP contribution is -2.59. The van der Waals surface area contributed by atoms with E-state index in [4.69, 9.17) is 4.74 Å². The second-order valence-electron chi connectivity index (χ2n) is 9.18. The molecule has 3 aromatic rings. The summed E-state index contributed by atoms with van der Waals surface area (Å²) < 4.78 is 34.0. The molecule has 7 nitrogen and oxygen atoms in total. The fraction of sp³-hybridized carbons (Fsp3) is 0.321. The van der Waals surface area contributed by atoms with Gasteiger partial charge in [0.05, 0.1) is 12.0 Å². The molecule has 8 heteroatoms. The molecule has 1 saturated heterocycles. The number of aliphatic carboxylic acids is 1. The number of likely N-dealkylation sites (tertiary alicyclic amines) is 1. The number of carboxylic acids is 1. The Labute approximate surface area is 212 Å². The summed E-state index contributed by atoms with van der Waals surface area (Å²) in [5.41, 5.74) is 1.55. The van der Waals surface area contributed by atoms with Crippen LogP contribution in [0.4, 0.5) is 0 Å². The third-order valence-electron chi connectivity index (χ3n) is 6.82. The second-order valence-corrected chi connectivity index (χ2v) is 10.9. The molecular weight excluding hydrogens is 476 g/mol. The number of nitrogens with zero attached hydrogens (tertiary/aromatic N) is 1. The van der Waals surface area contributed by atoms with E-state index in [1.54, 1.807) is 19.2 Å². The number of ether oxygens (including phenoxy) is 1. The van der Waals surface area contributed by atoms with Crippen LogP contribution in [0.5, 0.6) is 5.75 Å². The summed E-state index contributed by atoms with van der Waals surface area (Å²) in [4.78, 5) is 14.5. The number of carboxylic acid groups (broad SMARTS) is 1. The van der Waals surface area contributed by atoms with E-state index in [1.165, 1.54) is 17.7 Å². The van der Waals surface area contributed by atoms with Crippen molar-refractivity contribution in [2.24, 2.45) is 0 Å². The van der Waals surface area contributed by atoms with Crippen LogP contribution in [0.15, 0.2) is 83.8 Å². The summed E-state index contributed by atoms with van der Waals surface area (Å²) >= 11 is 0. The Balaban J connectivity index is 1.38. The third kappa shape index (κ3) is 6.13. The van der Waals surface area contributed by atoms with E-state index < -0.39 is 21.5 Å². The lowest BCUT2D eigenvalue weighted by Gasteiger charge is -2.39. The number of hydrogen-bond acceptors (Lipinski definition) is 5. The van der Waals surface area contributed by atoms with Gasteiger partial charge in [-0.15, -0.1) is 0 Å².